The Morgan fingerprint density at radius 3 is 3.06 bits per heavy atom. The number of ether oxygens (including phenoxy) is 1. The topological polar surface area (TPSA) is 77.8 Å². The Morgan fingerprint density at radius 1 is 1.56 bits per heavy atom. The molecule has 6 nitrogen and oxygen atoms in total. The zero-order valence-electron chi connectivity index (χ0n) is 10.5. The number of nitrogens with one attached hydrogen (secondary N) is 1. The van der Waals surface area contributed by atoms with Crippen LogP contribution in [0.2, 0.25) is 0 Å². The lowest BCUT2D eigenvalue weighted by atomic mass is 10.2. The molecule has 0 bridgehead atoms. The number of aromatic amines is 1. The fraction of sp³-hybridized carbons (Fsp3) is 0.750. The summed E-state index contributed by atoms with van der Waals surface area (Å²) in [5.41, 5.74) is 0. The third kappa shape index (κ3) is 2.11. The van der Waals surface area contributed by atoms with Gasteiger partial charge in [0.2, 0.25) is 0 Å². The summed E-state index contributed by atoms with van der Waals surface area (Å²) in [4.78, 5) is 6.68. The molecule has 0 aromatic carbocycles. The molecule has 2 heterocycles. The van der Waals surface area contributed by atoms with E-state index in [4.69, 9.17) is 10.00 Å². The molecular weight excluding hydrogens is 230 g/mol. The van der Waals surface area contributed by atoms with Crippen molar-refractivity contribution in [2.45, 2.75) is 37.3 Å². The molecule has 6 heteroatoms. The summed E-state index contributed by atoms with van der Waals surface area (Å²) >= 11 is 0. The third-order valence-corrected chi connectivity index (χ3v) is 3.75. The summed E-state index contributed by atoms with van der Waals surface area (Å²) in [5, 5.41) is 16.2. The number of nitrogens with zero attached hydrogens (tertiary/aromatic N) is 4. The first-order chi connectivity index (χ1) is 8.81. The highest BCUT2D eigenvalue weighted by Gasteiger charge is 2.36. The average Bonchev–Trinajstić information content (AvgIpc) is 2.97. The van der Waals surface area contributed by atoms with Gasteiger partial charge >= 0.3 is 0 Å². The molecule has 1 saturated carbocycles. The zero-order valence-corrected chi connectivity index (χ0v) is 10.5. The highest BCUT2D eigenvalue weighted by atomic mass is 16.5. The van der Waals surface area contributed by atoms with Crippen LogP contribution in [0.5, 0.6) is 0 Å². The van der Waals surface area contributed by atoms with Crippen molar-refractivity contribution in [2.75, 3.05) is 20.2 Å². The predicted octanol–water partition coefficient (Wildman–Crippen LogP) is 0.967. The van der Waals surface area contributed by atoms with Crippen LogP contribution in [0.1, 0.15) is 42.9 Å². The Hall–Kier alpha value is -1.45. The van der Waals surface area contributed by atoms with E-state index in [1.165, 1.54) is 12.8 Å². The smallest absolute Gasteiger partial charge is 0.153 e. The second-order valence-corrected chi connectivity index (χ2v) is 5.05. The first kappa shape index (κ1) is 11.6. The number of rotatable bonds is 4. The second kappa shape index (κ2) is 4.67. The van der Waals surface area contributed by atoms with E-state index < -0.39 is 0 Å². The lowest BCUT2D eigenvalue weighted by Crippen LogP contribution is -2.26. The number of hydrogen-bond acceptors (Lipinski definition) is 5. The molecule has 2 atom stereocenters. The van der Waals surface area contributed by atoms with Crippen LogP contribution < -0.4 is 0 Å². The van der Waals surface area contributed by atoms with Crippen molar-refractivity contribution in [1.29, 1.82) is 5.26 Å². The minimum absolute atomic E-state index is 0.134. The van der Waals surface area contributed by atoms with Crippen LogP contribution in [0.15, 0.2) is 0 Å². The molecule has 1 N–H and O–H groups in total. The number of aromatic nitrogens is 3. The Bertz CT molecular complexity index is 461. The maximum atomic E-state index is 8.88. The van der Waals surface area contributed by atoms with E-state index in [2.05, 4.69) is 26.2 Å². The van der Waals surface area contributed by atoms with Crippen molar-refractivity contribution in [3.8, 4) is 6.07 Å². The molecule has 2 aliphatic rings. The van der Waals surface area contributed by atoms with Crippen molar-refractivity contribution >= 4 is 0 Å². The van der Waals surface area contributed by atoms with Crippen molar-refractivity contribution in [3.63, 3.8) is 0 Å². The van der Waals surface area contributed by atoms with E-state index in [1.54, 1.807) is 7.11 Å². The molecule has 1 saturated heterocycles. The molecule has 0 radical (unpaired) electrons. The molecule has 18 heavy (non-hydrogen) atoms. The van der Waals surface area contributed by atoms with Gasteiger partial charge in [-0.1, -0.05) is 0 Å². The molecule has 1 aromatic heterocycles. The van der Waals surface area contributed by atoms with Gasteiger partial charge in [0.15, 0.2) is 5.82 Å². The van der Waals surface area contributed by atoms with Gasteiger partial charge < -0.3 is 4.74 Å². The van der Waals surface area contributed by atoms with Crippen LogP contribution in [0.3, 0.4) is 0 Å². The van der Waals surface area contributed by atoms with Crippen LogP contribution in [0.4, 0.5) is 0 Å². The van der Waals surface area contributed by atoms with Crippen molar-refractivity contribution in [1.82, 2.24) is 20.1 Å². The Labute approximate surface area is 106 Å². The Morgan fingerprint density at radius 2 is 2.39 bits per heavy atom. The van der Waals surface area contributed by atoms with E-state index in [0.29, 0.717) is 12.5 Å². The summed E-state index contributed by atoms with van der Waals surface area (Å²) in [7, 11) is 1.72. The van der Waals surface area contributed by atoms with Crippen LogP contribution in [-0.2, 0) is 4.74 Å². The van der Waals surface area contributed by atoms with Crippen molar-refractivity contribution in [3.05, 3.63) is 11.6 Å². The zero-order chi connectivity index (χ0) is 12.5. The molecule has 0 spiro atoms. The normalized spacial score (nSPS) is 28.4. The summed E-state index contributed by atoms with van der Waals surface area (Å²) < 4.78 is 5.39. The van der Waals surface area contributed by atoms with E-state index in [9.17, 15) is 0 Å². The van der Waals surface area contributed by atoms with E-state index in [-0.39, 0.29) is 12.1 Å². The number of methoxy groups -OCH3 is 1. The molecule has 2 fully saturated rings. The van der Waals surface area contributed by atoms with E-state index in [0.717, 1.165) is 24.6 Å². The number of H-pyrrole nitrogens is 1. The first-order valence-corrected chi connectivity index (χ1v) is 6.37. The van der Waals surface area contributed by atoms with Gasteiger partial charge in [0.25, 0.3) is 0 Å². The summed E-state index contributed by atoms with van der Waals surface area (Å²) in [6.45, 7) is 1.19. The van der Waals surface area contributed by atoms with Crippen molar-refractivity contribution in [2.24, 2.45) is 0 Å². The molecule has 1 aliphatic heterocycles. The molecular formula is C12H17N5O. The number of nitriles is 1. The summed E-state index contributed by atoms with van der Waals surface area (Å²) in [6, 6.07) is 2.34. The standard InChI is InChI=1S/C12H17N5O/c1-18-9-6-10(17(7-9)5-4-13)12-14-11(15-16-12)8-2-3-8/h8-10H,2-3,5-7H2,1H3,(H,14,15,16)/t9-,10+/m1/s1. The number of likely N-dealkylation sites (tertiary alicyclic amines) is 1. The highest BCUT2D eigenvalue weighted by Crippen LogP contribution is 2.39. The lowest BCUT2D eigenvalue weighted by Gasteiger charge is -2.18. The fourth-order valence-corrected chi connectivity index (χ4v) is 2.54. The van der Waals surface area contributed by atoms with Gasteiger partial charge in [0, 0.05) is 19.6 Å². The highest BCUT2D eigenvalue weighted by molar-refractivity contribution is 5.09. The quantitative estimate of drug-likeness (QED) is 0.802. The predicted molar refractivity (Wildman–Crippen MR) is 63.7 cm³/mol. The van der Waals surface area contributed by atoms with Crippen LogP contribution in [-0.4, -0.2) is 46.4 Å². The minimum Gasteiger partial charge on any atom is -0.380 e. The molecule has 3 rings (SSSR count). The van der Waals surface area contributed by atoms with Gasteiger partial charge in [-0.25, -0.2) is 4.98 Å². The van der Waals surface area contributed by atoms with Crippen molar-refractivity contribution < 1.29 is 4.74 Å². The maximum absolute atomic E-state index is 8.88. The van der Waals surface area contributed by atoms with Crippen LogP contribution >= 0.6 is 0 Å². The monoisotopic (exact) mass is 247 g/mol. The lowest BCUT2D eigenvalue weighted by molar-refractivity contribution is 0.110. The largest absolute Gasteiger partial charge is 0.380 e. The minimum atomic E-state index is 0.134. The Balaban J connectivity index is 1.77. The average molecular weight is 247 g/mol. The van der Waals surface area contributed by atoms with Gasteiger partial charge in [-0.15, -0.1) is 0 Å². The molecule has 96 valence electrons. The maximum Gasteiger partial charge on any atom is 0.153 e. The van der Waals surface area contributed by atoms with Crippen LogP contribution in [0.25, 0.3) is 0 Å². The summed E-state index contributed by atoms with van der Waals surface area (Å²) in [6.07, 6.45) is 3.45. The number of hydrogen-bond donors (Lipinski definition) is 1. The summed E-state index contributed by atoms with van der Waals surface area (Å²) in [5.74, 6) is 2.37. The van der Waals surface area contributed by atoms with Gasteiger partial charge in [0.05, 0.1) is 24.8 Å². The van der Waals surface area contributed by atoms with Crippen LogP contribution in [0, 0.1) is 11.3 Å². The third-order valence-electron chi connectivity index (χ3n) is 3.75. The van der Waals surface area contributed by atoms with Gasteiger partial charge in [-0.2, -0.15) is 10.4 Å². The first-order valence-electron chi connectivity index (χ1n) is 6.37. The fourth-order valence-electron chi connectivity index (χ4n) is 2.54. The molecule has 1 aromatic rings. The second-order valence-electron chi connectivity index (χ2n) is 5.05. The van der Waals surface area contributed by atoms with E-state index >= 15 is 0 Å². The SMILES string of the molecule is CO[C@@H]1C[C@@H](c2nc(C3CC3)n[nH]2)N(CC#N)C1. The molecule has 1 aliphatic carbocycles. The van der Waals surface area contributed by atoms with Gasteiger partial charge in [-0.3, -0.25) is 10.00 Å². The van der Waals surface area contributed by atoms with Gasteiger partial charge in [0.1, 0.15) is 5.82 Å². The van der Waals surface area contributed by atoms with Gasteiger partial charge in [-0.05, 0) is 19.3 Å². The Kier molecular flexibility index (Phi) is 3.02. The molecule has 0 amide bonds. The van der Waals surface area contributed by atoms with E-state index in [1.807, 2.05) is 0 Å². The molecule has 0 unspecified atom stereocenters.